The van der Waals surface area contributed by atoms with Crippen LogP contribution in [0, 0.1) is 6.92 Å². The van der Waals surface area contributed by atoms with Gasteiger partial charge in [0.2, 0.25) is 0 Å². The summed E-state index contributed by atoms with van der Waals surface area (Å²) in [7, 11) is 0. The van der Waals surface area contributed by atoms with E-state index in [0.717, 1.165) is 12.0 Å². The molecular formula is C13H17ClN2O. The third kappa shape index (κ3) is 5.97. The van der Waals surface area contributed by atoms with Crippen molar-refractivity contribution in [1.82, 2.24) is 10.6 Å². The van der Waals surface area contributed by atoms with Crippen molar-refractivity contribution < 1.29 is 4.79 Å². The van der Waals surface area contributed by atoms with Crippen molar-refractivity contribution in [2.24, 2.45) is 0 Å². The molecule has 2 N–H and O–H groups in total. The van der Waals surface area contributed by atoms with Gasteiger partial charge in [0.1, 0.15) is 0 Å². The molecule has 0 fully saturated rings. The fraction of sp³-hybridized carbons (Fsp3) is 0.308. The first-order valence-corrected chi connectivity index (χ1v) is 6.09. The highest BCUT2D eigenvalue weighted by atomic mass is 35.5. The van der Waals surface area contributed by atoms with E-state index in [1.807, 2.05) is 37.3 Å². The number of halogens is 1. The summed E-state index contributed by atoms with van der Waals surface area (Å²) in [4.78, 5) is 11.3. The molecule has 0 aromatic heterocycles. The van der Waals surface area contributed by atoms with Gasteiger partial charge in [0.15, 0.2) is 0 Å². The Kier molecular flexibility index (Phi) is 6.18. The van der Waals surface area contributed by atoms with E-state index in [9.17, 15) is 4.79 Å². The molecule has 2 amide bonds. The standard InChI is InChI=1S/C13H17ClN2O/c1-11-4-2-5-12(10-11)6-9-16-13(17)15-8-3-7-14/h2,4-6,9-10H,3,7-8H2,1H3,(H2,15,16,17)/b9-6+. The zero-order valence-electron chi connectivity index (χ0n) is 9.87. The molecule has 0 aliphatic carbocycles. The smallest absolute Gasteiger partial charge is 0.318 e. The van der Waals surface area contributed by atoms with Crippen molar-refractivity contribution in [1.29, 1.82) is 0 Å². The van der Waals surface area contributed by atoms with Gasteiger partial charge in [-0.1, -0.05) is 29.8 Å². The second-order valence-corrected chi connectivity index (χ2v) is 4.07. The van der Waals surface area contributed by atoms with Gasteiger partial charge in [-0.25, -0.2) is 4.79 Å². The van der Waals surface area contributed by atoms with Crippen molar-refractivity contribution in [3.63, 3.8) is 0 Å². The van der Waals surface area contributed by atoms with E-state index in [4.69, 9.17) is 11.6 Å². The second-order valence-electron chi connectivity index (χ2n) is 3.69. The third-order valence-corrected chi connectivity index (χ3v) is 2.40. The van der Waals surface area contributed by atoms with Crippen molar-refractivity contribution in [3.05, 3.63) is 41.6 Å². The number of aryl methyl sites for hydroxylation is 1. The SMILES string of the molecule is Cc1cccc(/C=C/NC(=O)NCCCCl)c1. The molecule has 3 nitrogen and oxygen atoms in total. The molecule has 0 saturated heterocycles. The van der Waals surface area contributed by atoms with Crippen LogP contribution in [0.1, 0.15) is 17.5 Å². The zero-order valence-corrected chi connectivity index (χ0v) is 10.6. The Morgan fingerprint density at radius 1 is 1.47 bits per heavy atom. The van der Waals surface area contributed by atoms with Gasteiger partial charge in [0.25, 0.3) is 0 Å². The van der Waals surface area contributed by atoms with E-state index in [1.165, 1.54) is 5.56 Å². The summed E-state index contributed by atoms with van der Waals surface area (Å²) >= 11 is 5.50. The number of carbonyl (C=O) groups excluding carboxylic acids is 1. The Labute approximate surface area is 107 Å². The number of alkyl halides is 1. The van der Waals surface area contributed by atoms with Crippen molar-refractivity contribution >= 4 is 23.7 Å². The molecule has 17 heavy (non-hydrogen) atoms. The first-order valence-electron chi connectivity index (χ1n) is 5.56. The molecule has 1 aromatic carbocycles. The number of hydrogen-bond acceptors (Lipinski definition) is 1. The van der Waals surface area contributed by atoms with E-state index >= 15 is 0 Å². The van der Waals surface area contributed by atoms with Gasteiger partial charge in [-0.15, -0.1) is 11.6 Å². The lowest BCUT2D eigenvalue weighted by Gasteiger charge is -2.02. The summed E-state index contributed by atoms with van der Waals surface area (Å²) < 4.78 is 0. The molecule has 0 spiro atoms. The van der Waals surface area contributed by atoms with Gasteiger partial charge in [0.05, 0.1) is 0 Å². The summed E-state index contributed by atoms with van der Waals surface area (Å²) in [5, 5.41) is 5.33. The minimum atomic E-state index is -0.209. The first kappa shape index (κ1) is 13.6. The lowest BCUT2D eigenvalue weighted by molar-refractivity contribution is 0.244. The fourth-order valence-corrected chi connectivity index (χ4v) is 1.44. The quantitative estimate of drug-likeness (QED) is 0.614. The summed E-state index contributed by atoms with van der Waals surface area (Å²) in [6, 6.07) is 7.83. The molecule has 1 rings (SSSR count). The van der Waals surface area contributed by atoms with Crippen LogP contribution in [-0.2, 0) is 0 Å². The van der Waals surface area contributed by atoms with Crippen LogP contribution >= 0.6 is 11.6 Å². The Morgan fingerprint density at radius 2 is 2.29 bits per heavy atom. The van der Waals surface area contributed by atoms with E-state index in [0.29, 0.717) is 12.4 Å². The third-order valence-electron chi connectivity index (χ3n) is 2.13. The molecule has 1 aromatic rings. The van der Waals surface area contributed by atoms with Crippen LogP contribution < -0.4 is 10.6 Å². The van der Waals surface area contributed by atoms with Crippen LogP contribution in [0.25, 0.3) is 6.08 Å². The number of carbonyl (C=O) groups is 1. The highest BCUT2D eigenvalue weighted by molar-refractivity contribution is 6.17. The molecule has 0 bridgehead atoms. The minimum absolute atomic E-state index is 0.209. The van der Waals surface area contributed by atoms with Crippen LogP contribution in [0.2, 0.25) is 0 Å². The number of benzene rings is 1. The lowest BCUT2D eigenvalue weighted by atomic mass is 10.1. The predicted molar refractivity (Wildman–Crippen MR) is 72.1 cm³/mol. The molecule has 0 heterocycles. The van der Waals surface area contributed by atoms with Crippen molar-refractivity contribution in [3.8, 4) is 0 Å². The second kappa shape index (κ2) is 7.74. The topological polar surface area (TPSA) is 41.1 Å². The molecule has 0 aliphatic heterocycles. The van der Waals surface area contributed by atoms with E-state index in [1.54, 1.807) is 6.20 Å². The van der Waals surface area contributed by atoms with E-state index in [-0.39, 0.29) is 6.03 Å². The predicted octanol–water partition coefficient (Wildman–Crippen LogP) is 2.89. The largest absolute Gasteiger partial charge is 0.338 e. The molecule has 0 aliphatic rings. The molecule has 0 saturated carbocycles. The number of nitrogens with one attached hydrogen (secondary N) is 2. The fourth-order valence-electron chi connectivity index (χ4n) is 1.31. The van der Waals surface area contributed by atoms with Gasteiger partial charge in [-0.05, 0) is 25.0 Å². The highest BCUT2D eigenvalue weighted by Gasteiger charge is 1.94. The van der Waals surface area contributed by atoms with Crippen LogP contribution in [0.5, 0.6) is 0 Å². The molecule has 0 unspecified atom stereocenters. The number of urea groups is 1. The van der Waals surface area contributed by atoms with Crippen LogP contribution in [0.3, 0.4) is 0 Å². The summed E-state index contributed by atoms with van der Waals surface area (Å²) in [5.41, 5.74) is 2.25. The van der Waals surface area contributed by atoms with Crippen molar-refractivity contribution in [2.45, 2.75) is 13.3 Å². The summed E-state index contributed by atoms with van der Waals surface area (Å²) in [6.07, 6.45) is 4.26. The Balaban J connectivity index is 2.32. The minimum Gasteiger partial charge on any atom is -0.338 e. The molecule has 4 heteroatoms. The summed E-state index contributed by atoms with van der Waals surface area (Å²) in [5.74, 6) is 0.555. The van der Waals surface area contributed by atoms with Gasteiger partial charge >= 0.3 is 6.03 Å². The first-order chi connectivity index (χ1) is 8.22. The van der Waals surface area contributed by atoms with Crippen LogP contribution in [0.15, 0.2) is 30.5 Å². The van der Waals surface area contributed by atoms with Gasteiger partial charge in [0, 0.05) is 18.6 Å². The molecule has 92 valence electrons. The van der Waals surface area contributed by atoms with Gasteiger partial charge in [-0.3, -0.25) is 0 Å². The molecule has 0 atom stereocenters. The van der Waals surface area contributed by atoms with Crippen LogP contribution in [-0.4, -0.2) is 18.5 Å². The maximum atomic E-state index is 11.3. The number of hydrogen-bond donors (Lipinski definition) is 2. The average Bonchev–Trinajstić information content (AvgIpc) is 2.29. The molecule has 0 radical (unpaired) electrons. The Morgan fingerprint density at radius 3 is 3.00 bits per heavy atom. The van der Waals surface area contributed by atoms with E-state index < -0.39 is 0 Å². The monoisotopic (exact) mass is 252 g/mol. The molecular weight excluding hydrogens is 236 g/mol. The zero-order chi connectivity index (χ0) is 12.5. The lowest BCUT2D eigenvalue weighted by Crippen LogP contribution is -2.32. The Hall–Kier alpha value is -1.48. The van der Waals surface area contributed by atoms with Crippen LogP contribution in [0.4, 0.5) is 4.79 Å². The maximum absolute atomic E-state index is 11.3. The van der Waals surface area contributed by atoms with Gasteiger partial charge < -0.3 is 10.6 Å². The maximum Gasteiger partial charge on any atom is 0.318 e. The number of amides is 2. The number of rotatable bonds is 5. The summed E-state index contributed by atoms with van der Waals surface area (Å²) in [6.45, 7) is 2.62. The van der Waals surface area contributed by atoms with Crippen molar-refractivity contribution in [2.75, 3.05) is 12.4 Å². The average molecular weight is 253 g/mol. The van der Waals surface area contributed by atoms with E-state index in [2.05, 4.69) is 10.6 Å². The normalized spacial score (nSPS) is 10.5. The van der Waals surface area contributed by atoms with Gasteiger partial charge in [-0.2, -0.15) is 0 Å². The Bertz CT molecular complexity index is 391. The highest BCUT2D eigenvalue weighted by Crippen LogP contribution is 2.04.